The van der Waals surface area contributed by atoms with Crippen LogP contribution in [0, 0.1) is 5.92 Å². The summed E-state index contributed by atoms with van der Waals surface area (Å²) in [4.78, 5) is 23.8. The van der Waals surface area contributed by atoms with Gasteiger partial charge in [0.1, 0.15) is 5.75 Å². The molecule has 0 aliphatic heterocycles. The SMILES string of the molecule is COc1ccc(CNC(=O)C(=O)N[C@H]2CCCC[C@H]2C)cc1. The summed E-state index contributed by atoms with van der Waals surface area (Å²) in [6.07, 6.45) is 4.39. The van der Waals surface area contributed by atoms with Crippen LogP contribution < -0.4 is 15.4 Å². The molecule has 120 valence electrons. The molecule has 2 rings (SSSR count). The predicted octanol–water partition coefficient (Wildman–Crippen LogP) is 2.01. The summed E-state index contributed by atoms with van der Waals surface area (Å²) in [6.45, 7) is 2.45. The Bertz CT molecular complexity index is 513. The van der Waals surface area contributed by atoms with Crippen molar-refractivity contribution in [1.29, 1.82) is 0 Å². The van der Waals surface area contributed by atoms with E-state index in [0.717, 1.165) is 30.6 Å². The van der Waals surface area contributed by atoms with Crippen molar-refractivity contribution >= 4 is 11.8 Å². The number of methoxy groups -OCH3 is 1. The molecular weight excluding hydrogens is 280 g/mol. The Kier molecular flexibility index (Phi) is 5.81. The van der Waals surface area contributed by atoms with Crippen molar-refractivity contribution < 1.29 is 14.3 Å². The van der Waals surface area contributed by atoms with Crippen LogP contribution in [-0.2, 0) is 16.1 Å². The van der Waals surface area contributed by atoms with Gasteiger partial charge < -0.3 is 15.4 Å². The van der Waals surface area contributed by atoms with Crippen LogP contribution in [0.1, 0.15) is 38.2 Å². The third kappa shape index (κ3) is 4.48. The molecule has 0 bridgehead atoms. The van der Waals surface area contributed by atoms with Gasteiger partial charge in [0.25, 0.3) is 0 Å². The topological polar surface area (TPSA) is 67.4 Å². The van der Waals surface area contributed by atoms with Crippen molar-refractivity contribution in [2.24, 2.45) is 5.92 Å². The molecule has 2 N–H and O–H groups in total. The van der Waals surface area contributed by atoms with Gasteiger partial charge in [-0.1, -0.05) is 31.9 Å². The number of ether oxygens (including phenoxy) is 1. The summed E-state index contributed by atoms with van der Waals surface area (Å²) in [5.41, 5.74) is 0.924. The standard InChI is InChI=1S/C17H24N2O3/c1-12-5-3-4-6-15(12)19-17(21)16(20)18-11-13-7-9-14(22-2)10-8-13/h7-10,12,15H,3-6,11H2,1-2H3,(H,18,20)(H,19,21)/t12-,15+/m1/s1. The second-order valence-corrected chi connectivity index (χ2v) is 5.87. The van der Waals surface area contributed by atoms with E-state index >= 15 is 0 Å². The molecule has 2 atom stereocenters. The quantitative estimate of drug-likeness (QED) is 0.836. The molecule has 22 heavy (non-hydrogen) atoms. The van der Waals surface area contributed by atoms with E-state index in [0.29, 0.717) is 12.5 Å². The third-order valence-corrected chi connectivity index (χ3v) is 4.25. The number of amides is 2. The molecule has 1 aliphatic rings. The molecule has 1 aliphatic carbocycles. The van der Waals surface area contributed by atoms with Gasteiger partial charge in [0.05, 0.1) is 7.11 Å². The number of hydrogen-bond acceptors (Lipinski definition) is 3. The first kappa shape index (κ1) is 16.3. The minimum absolute atomic E-state index is 0.119. The third-order valence-electron chi connectivity index (χ3n) is 4.25. The first-order valence-electron chi connectivity index (χ1n) is 7.81. The molecule has 0 aromatic heterocycles. The highest BCUT2D eigenvalue weighted by molar-refractivity contribution is 6.35. The molecule has 0 heterocycles. The van der Waals surface area contributed by atoms with Crippen LogP contribution in [0.25, 0.3) is 0 Å². The summed E-state index contributed by atoms with van der Waals surface area (Å²) in [7, 11) is 1.60. The van der Waals surface area contributed by atoms with Gasteiger partial charge in [-0.05, 0) is 36.5 Å². The molecule has 0 spiro atoms. The van der Waals surface area contributed by atoms with Crippen LogP contribution in [0.15, 0.2) is 24.3 Å². The summed E-state index contributed by atoms with van der Waals surface area (Å²) in [5, 5.41) is 5.50. The molecule has 2 amide bonds. The minimum Gasteiger partial charge on any atom is -0.497 e. The van der Waals surface area contributed by atoms with E-state index in [1.165, 1.54) is 6.42 Å². The minimum atomic E-state index is -0.575. The Morgan fingerprint density at radius 1 is 1.14 bits per heavy atom. The number of hydrogen-bond donors (Lipinski definition) is 2. The predicted molar refractivity (Wildman–Crippen MR) is 84.4 cm³/mol. The Morgan fingerprint density at radius 3 is 2.45 bits per heavy atom. The second-order valence-electron chi connectivity index (χ2n) is 5.87. The van der Waals surface area contributed by atoms with E-state index in [9.17, 15) is 9.59 Å². The maximum atomic E-state index is 11.9. The molecule has 0 unspecified atom stereocenters. The smallest absolute Gasteiger partial charge is 0.309 e. The Morgan fingerprint density at radius 2 is 1.82 bits per heavy atom. The van der Waals surface area contributed by atoms with Gasteiger partial charge >= 0.3 is 11.8 Å². The fourth-order valence-corrected chi connectivity index (χ4v) is 2.77. The van der Waals surface area contributed by atoms with Crippen LogP contribution in [0.5, 0.6) is 5.75 Å². The van der Waals surface area contributed by atoms with Gasteiger partial charge in [-0.15, -0.1) is 0 Å². The molecule has 5 nitrogen and oxygen atoms in total. The van der Waals surface area contributed by atoms with E-state index < -0.39 is 11.8 Å². The van der Waals surface area contributed by atoms with E-state index in [2.05, 4.69) is 17.6 Å². The van der Waals surface area contributed by atoms with Crippen LogP contribution in [0.4, 0.5) is 0 Å². The van der Waals surface area contributed by atoms with Crippen molar-refractivity contribution in [3.8, 4) is 5.75 Å². The second kappa shape index (κ2) is 7.82. The zero-order valence-electron chi connectivity index (χ0n) is 13.2. The van der Waals surface area contributed by atoms with Crippen molar-refractivity contribution in [3.05, 3.63) is 29.8 Å². The van der Waals surface area contributed by atoms with Crippen molar-refractivity contribution in [1.82, 2.24) is 10.6 Å². The van der Waals surface area contributed by atoms with Gasteiger partial charge in [-0.3, -0.25) is 9.59 Å². The van der Waals surface area contributed by atoms with E-state index in [1.807, 2.05) is 24.3 Å². The van der Waals surface area contributed by atoms with Crippen molar-refractivity contribution in [2.45, 2.75) is 45.2 Å². The number of benzene rings is 1. The Labute approximate surface area is 131 Å². The highest BCUT2D eigenvalue weighted by atomic mass is 16.5. The fourth-order valence-electron chi connectivity index (χ4n) is 2.77. The fraction of sp³-hybridized carbons (Fsp3) is 0.529. The highest BCUT2D eigenvalue weighted by Gasteiger charge is 2.25. The van der Waals surface area contributed by atoms with E-state index in [4.69, 9.17) is 4.74 Å². The van der Waals surface area contributed by atoms with Gasteiger partial charge in [-0.25, -0.2) is 0 Å². The van der Waals surface area contributed by atoms with Crippen molar-refractivity contribution in [3.63, 3.8) is 0 Å². The molecule has 1 aromatic carbocycles. The molecule has 0 radical (unpaired) electrons. The van der Waals surface area contributed by atoms with Gasteiger partial charge in [0.15, 0.2) is 0 Å². The van der Waals surface area contributed by atoms with Gasteiger partial charge in [0.2, 0.25) is 0 Å². The summed E-state index contributed by atoms with van der Waals surface area (Å²) >= 11 is 0. The Hall–Kier alpha value is -2.04. The molecule has 1 fully saturated rings. The molecular formula is C17H24N2O3. The first-order valence-corrected chi connectivity index (χ1v) is 7.81. The molecule has 1 aromatic rings. The highest BCUT2D eigenvalue weighted by Crippen LogP contribution is 2.23. The Balaban J connectivity index is 1.79. The molecule has 5 heteroatoms. The molecule has 1 saturated carbocycles. The van der Waals surface area contributed by atoms with Crippen molar-refractivity contribution in [2.75, 3.05) is 7.11 Å². The van der Waals surface area contributed by atoms with Gasteiger partial charge in [-0.2, -0.15) is 0 Å². The lowest BCUT2D eigenvalue weighted by Crippen LogP contribution is -2.47. The van der Waals surface area contributed by atoms with Crippen LogP contribution in [0.2, 0.25) is 0 Å². The molecule has 0 saturated heterocycles. The van der Waals surface area contributed by atoms with Crippen LogP contribution in [-0.4, -0.2) is 25.0 Å². The monoisotopic (exact) mass is 304 g/mol. The van der Waals surface area contributed by atoms with E-state index in [1.54, 1.807) is 7.11 Å². The van der Waals surface area contributed by atoms with Crippen LogP contribution >= 0.6 is 0 Å². The maximum absolute atomic E-state index is 11.9. The summed E-state index contributed by atoms with van der Waals surface area (Å²) in [6, 6.07) is 7.49. The number of carbonyl (C=O) groups excluding carboxylic acids is 2. The lowest BCUT2D eigenvalue weighted by molar-refractivity contribution is -0.140. The number of nitrogens with one attached hydrogen (secondary N) is 2. The van der Waals surface area contributed by atoms with Gasteiger partial charge in [0, 0.05) is 12.6 Å². The lowest BCUT2D eigenvalue weighted by atomic mass is 9.86. The zero-order chi connectivity index (χ0) is 15.9. The number of rotatable bonds is 4. The lowest BCUT2D eigenvalue weighted by Gasteiger charge is -2.29. The zero-order valence-corrected chi connectivity index (χ0v) is 13.2. The number of carbonyl (C=O) groups is 2. The maximum Gasteiger partial charge on any atom is 0.309 e. The van der Waals surface area contributed by atoms with E-state index in [-0.39, 0.29) is 6.04 Å². The van der Waals surface area contributed by atoms with Crippen LogP contribution in [0.3, 0.4) is 0 Å². The normalized spacial score (nSPS) is 21.0. The summed E-state index contributed by atoms with van der Waals surface area (Å²) < 4.78 is 5.08. The largest absolute Gasteiger partial charge is 0.497 e. The average molecular weight is 304 g/mol. The first-order chi connectivity index (χ1) is 10.6. The summed E-state index contributed by atoms with van der Waals surface area (Å²) in [5.74, 6) is 0.0899. The average Bonchev–Trinajstić information content (AvgIpc) is 2.55.